The normalized spacial score (nSPS) is 16.0. The Morgan fingerprint density at radius 3 is 0.985 bits per heavy atom. The lowest BCUT2D eigenvalue weighted by molar-refractivity contribution is -0.137. The van der Waals surface area contributed by atoms with E-state index in [2.05, 4.69) is 133 Å². The van der Waals surface area contributed by atoms with Crippen LogP contribution in [0.4, 0.5) is 0 Å². The van der Waals surface area contributed by atoms with E-state index in [1.165, 1.54) is 0 Å². The summed E-state index contributed by atoms with van der Waals surface area (Å²) in [6, 6.07) is 17.5. The molecule has 65 heavy (non-hydrogen) atoms. The fourth-order valence-electron chi connectivity index (χ4n) is 9.93. The number of ether oxygens (including phenoxy) is 4. The Bertz CT molecular complexity index is 2190. The second-order valence-electron chi connectivity index (χ2n) is 22.9. The molecule has 7 heteroatoms. The zero-order chi connectivity index (χ0) is 48.6. The van der Waals surface area contributed by atoms with Crippen LogP contribution < -0.4 is 18.9 Å². The van der Waals surface area contributed by atoms with E-state index in [9.17, 15) is 15.0 Å². The second-order valence-corrected chi connectivity index (χ2v) is 22.9. The van der Waals surface area contributed by atoms with E-state index in [-0.39, 0.29) is 21.7 Å². The minimum Gasteiger partial charge on any atom is -0.496 e. The Balaban J connectivity index is 2.19. The van der Waals surface area contributed by atoms with Gasteiger partial charge in [0.2, 0.25) is 0 Å². The van der Waals surface area contributed by atoms with Gasteiger partial charge in [0.1, 0.15) is 28.9 Å². The number of carbonyl (C=O) groups is 1. The fourth-order valence-corrected chi connectivity index (χ4v) is 9.93. The van der Waals surface area contributed by atoms with Crippen LogP contribution in [0, 0.1) is 0 Å². The van der Waals surface area contributed by atoms with Gasteiger partial charge in [-0.2, -0.15) is 0 Å². The summed E-state index contributed by atoms with van der Waals surface area (Å²) in [5.74, 6) is -0.237. The van der Waals surface area contributed by atoms with Crippen molar-refractivity contribution >= 4 is 5.97 Å². The van der Waals surface area contributed by atoms with E-state index < -0.39 is 23.4 Å². The molecule has 0 amide bonds. The number of fused-ring (bicyclic) bond motifs is 8. The summed E-state index contributed by atoms with van der Waals surface area (Å²) in [7, 11) is 6.75. The third-order valence-corrected chi connectivity index (χ3v) is 13.8. The molecule has 8 bridgehead atoms. The van der Waals surface area contributed by atoms with Crippen LogP contribution in [0.2, 0.25) is 0 Å². The fraction of sp³-hybridized carbons (Fsp3) is 0.569. The summed E-state index contributed by atoms with van der Waals surface area (Å²) in [5.41, 5.74) is 8.32. The van der Waals surface area contributed by atoms with Gasteiger partial charge in [0, 0.05) is 41.0 Å². The molecule has 1 aliphatic carbocycles. The number of rotatable bonds is 12. The SMILES string of the molecule is CCCCC(O)(CCCC)C1c2cc(C(C)(C)C)cc(c2OC)Cc2cc(C(C)(C)C)cc(c2OC)C(C(=O)O)c2cc(C(C)(C)C)cc(c2OC)Cc2cc(C(C)(C)C)cc1c2OC. The van der Waals surface area contributed by atoms with Gasteiger partial charge in [-0.25, -0.2) is 0 Å². The van der Waals surface area contributed by atoms with Gasteiger partial charge < -0.3 is 29.2 Å². The summed E-state index contributed by atoms with van der Waals surface area (Å²) in [6.07, 6.45) is 5.53. The van der Waals surface area contributed by atoms with E-state index in [4.69, 9.17) is 18.9 Å². The second kappa shape index (κ2) is 19.4. The van der Waals surface area contributed by atoms with Crippen molar-refractivity contribution in [1.82, 2.24) is 0 Å². The van der Waals surface area contributed by atoms with Crippen molar-refractivity contribution in [2.24, 2.45) is 0 Å². The van der Waals surface area contributed by atoms with Crippen LogP contribution in [-0.2, 0) is 39.3 Å². The van der Waals surface area contributed by atoms with Gasteiger partial charge in [0.25, 0.3) is 0 Å². The first kappa shape index (κ1) is 51.5. The van der Waals surface area contributed by atoms with Crippen LogP contribution in [0.25, 0.3) is 0 Å². The van der Waals surface area contributed by atoms with Crippen molar-refractivity contribution in [2.75, 3.05) is 28.4 Å². The molecule has 0 saturated carbocycles. The highest BCUT2D eigenvalue weighted by atomic mass is 16.5. The molecule has 1 aliphatic rings. The molecule has 0 unspecified atom stereocenters. The lowest BCUT2D eigenvalue weighted by Crippen LogP contribution is -2.38. The third-order valence-electron chi connectivity index (χ3n) is 13.8. The van der Waals surface area contributed by atoms with Gasteiger partial charge in [-0.15, -0.1) is 0 Å². The molecule has 0 heterocycles. The summed E-state index contributed by atoms with van der Waals surface area (Å²) in [6.45, 7) is 30.7. The number of carboxylic acids is 1. The van der Waals surface area contributed by atoms with Gasteiger partial charge in [-0.3, -0.25) is 4.79 Å². The molecule has 0 saturated heterocycles. The maximum absolute atomic E-state index is 14.2. The maximum Gasteiger partial charge on any atom is 0.315 e. The van der Waals surface area contributed by atoms with Gasteiger partial charge in [-0.1, -0.05) is 171 Å². The smallest absolute Gasteiger partial charge is 0.315 e. The number of aliphatic carboxylic acids is 1. The predicted octanol–water partition coefficient (Wildman–Crippen LogP) is 13.9. The van der Waals surface area contributed by atoms with Crippen LogP contribution in [-0.4, -0.2) is 50.2 Å². The Labute approximate surface area is 392 Å². The van der Waals surface area contributed by atoms with Crippen molar-refractivity contribution in [3.05, 3.63) is 115 Å². The Kier molecular flexibility index (Phi) is 15.4. The van der Waals surface area contributed by atoms with E-state index in [1.54, 1.807) is 28.4 Å². The van der Waals surface area contributed by atoms with Gasteiger partial charge in [-0.05, 0) is 79.0 Å². The summed E-state index contributed by atoms with van der Waals surface area (Å²) in [4.78, 5) is 14.2. The van der Waals surface area contributed by atoms with E-state index in [0.29, 0.717) is 59.8 Å². The number of unbranched alkanes of at least 4 members (excludes halogenated alkanes) is 2. The molecular formula is C58H82O7. The molecule has 356 valence electrons. The van der Waals surface area contributed by atoms with E-state index in [1.807, 2.05) is 12.1 Å². The van der Waals surface area contributed by atoms with Crippen LogP contribution in [0.15, 0.2) is 48.5 Å². The predicted molar refractivity (Wildman–Crippen MR) is 268 cm³/mol. The zero-order valence-electron chi connectivity index (χ0n) is 43.4. The standard InChI is InChI=1S/C58H82O7/c1-19-21-23-58(61,24-22-20-2)48-45-33-41(56(9,10)11)29-37(51(45)64-17)25-35-27-39(54(3,4)5)31-43(49(35)62-15)47(53(59)60)44-32-40(55(6,7)8)28-36(50(44)63-16)26-38-30-42(57(12,13)14)34-46(48)52(38)65-18/h27-34,47-48,61H,19-26H2,1-18H3,(H,59,60). The minimum absolute atomic E-state index is 0.282. The topological polar surface area (TPSA) is 94.5 Å². The Hall–Kier alpha value is -4.49. The molecule has 7 nitrogen and oxygen atoms in total. The third kappa shape index (κ3) is 10.7. The van der Waals surface area contributed by atoms with Crippen LogP contribution in [0.5, 0.6) is 23.0 Å². The van der Waals surface area contributed by atoms with Crippen LogP contribution in [0.3, 0.4) is 0 Å². The molecule has 2 N–H and O–H groups in total. The first-order chi connectivity index (χ1) is 30.2. The number of methoxy groups -OCH3 is 4. The number of aliphatic hydroxyl groups is 1. The molecule has 0 fully saturated rings. The molecule has 0 atom stereocenters. The minimum atomic E-state index is -1.18. The van der Waals surface area contributed by atoms with Crippen molar-refractivity contribution in [2.45, 2.75) is 187 Å². The number of hydrogen-bond acceptors (Lipinski definition) is 6. The average Bonchev–Trinajstić information content (AvgIpc) is 3.20. The highest BCUT2D eigenvalue weighted by molar-refractivity contribution is 5.84. The first-order valence-corrected chi connectivity index (χ1v) is 24.0. The van der Waals surface area contributed by atoms with Crippen molar-refractivity contribution in [1.29, 1.82) is 0 Å². The maximum atomic E-state index is 14.2. The molecule has 4 aromatic carbocycles. The van der Waals surface area contributed by atoms with Crippen LogP contribution >= 0.6 is 0 Å². The molecule has 0 aliphatic heterocycles. The van der Waals surface area contributed by atoms with Crippen molar-refractivity contribution < 1.29 is 34.0 Å². The van der Waals surface area contributed by atoms with Gasteiger partial charge in [0.05, 0.1) is 34.0 Å². The summed E-state index contributed by atoms with van der Waals surface area (Å²) in [5, 5.41) is 25.3. The monoisotopic (exact) mass is 891 g/mol. The Morgan fingerprint density at radius 1 is 0.492 bits per heavy atom. The quantitative estimate of drug-likeness (QED) is 0.146. The number of carboxylic acid groups (broad SMARTS) is 1. The van der Waals surface area contributed by atoms with Crippen molar-refractivity contribution in [3.8, 4) is 23.0 Å². The lowest BCUT2D eigenvalue weighted by atomic mass is 9.68. The Morgan fingerprint density at radius 2 is 0.754 bits per heavy atom. The number of benzene rings is 4. The van der Waals surface area contributed by atoms with E-state index in [0.717, 1.165) is 81.3 Å². The molecule has 0 radical (unpaired) electrons. The molecular weight excluding hydrogens is 809 g/mol. The number of hydrogen-bond donors (Lipinski definition) is 2. The van der Waals surface area contributed by atoms with E-state index >= 15 is 0 Å². The van der Waals surface area contributed by atoms with Crippen molar-refractivity contribution in [3.63, 3.8) is 0 Å². The molecule has 4 aromatic rings. The highest BCUT2D eigenvalue weighted by Crippen LogP contribution is 2.53. The van der Waals surface area contributed by atoms with Gasteiger partial charge >= 0.3 is 5.97 Å². The first-order valence-electron chi connectivity index (χ1n) is 24.0. The molecule has 0 aromatic heterocycles. The highest BCUT2D eigenvalue weighted by Gasteiger charge is 2.44. The average molecular weight is 891 g/mol. The summed E-state index contributed by atoms with van der Waals surface area (Å²) < 4.78 is 26.2. The van der Waals surface area contributed by atoms with Gasteiger partial charge in [0.15, 0.2) is 0 Å². The molecule has 5 rings (SSSR count). The zero-order valence-corrected chi connectivity index (χ0v) is 43.4. The summed E-state index contributed by atoms with van der Waals surface area (Å²) >= 11 is 0. The largest absolute Gasteiger partial charge is 0.496 e. The molecule has 0 spiro atoms. The lowest BCUT2D eigenvalue weighted by Gasteiger charge is -2.40. The van der Waals surface area contributed by atoms with Crippen LogP contribution in [0.1, 0.15) is 214 Å².